The van der Waals surface area contributed by atoms with Gasteiger partial charge in [0.2, 0.25) is 0 Å². The highest BCUT2D eigenvalue weighted by Gasteiger charge is 2.14. The van der Waals surface area contributed by atoms with Gasteiger partial charge in [0.05, 0.1) is 4.88 Å². The van der Waals surface area contributed by atoms with Gasteiger partial charge in [0, 0.05) is 11.3 Å². The Hall–Kier alpha value is -1.55. The second-order valence-corrected chi connectivity index (χ2v) is 5.44. The highest BCUT2D eigenvalue weighted by atomic mass is 32.1. The third-order valence-corrected chi connectivity index (χ3v) is 3.99. The van der Waals surface area contributed by atoms with E-state index in [1.807, 2.05) is 13.8 Å². The molecule has 1 nitrogen and oxygen atoms in total. The number of Topliss-reactive ketones (excluding diaryl/α,β-unsaturated/α-hetero) is 1. The number of benzene rings is 1. The molecule has 0 bridgehead atoms. The second-order valence-electron chi connectivity index (χ2n) is 4.19. The van der Waals surface area contributed by atoms with Crippen molar-refractivity contribution in [3.8, 4) is 0 Å². The average Bonchev–Trinajstić information content (AvgIpc) is 2.64. The van der Waals surface area contributed by atoms with E-state index in [1.165, 1.54) is 11.3 Å². The van der Waals surface area contributed by atoms with Gasteiger partial charge in [-0.05, 0) is 49.2 Å². The van der Waals surface area contributed by atoms with Gasteiger partial charge in [-0.1, -0.05) is 0 Å². The first kappa shape index (κ1) is 12.9. The van der Waals surface area contributed by atoms with Gasteiger partial charge in [-0.25, -0.2) is 8.78 Å². The average molecular weight is 266 g/mol. The van der Waals surface area contributed by atoms with Gasteiger partial charge in [-0.3, -0.25) is 4.79 Å². The van der Waals surface area contributed by atoms with Gasteiger partial charge in [0.25, 0.3) is 0 Å². The van der Waals surface area contributed by atoms with Crippen LogP contribution in [0.3, 0.4) is 0 Å². The lowest BCUT2D eigenvalue weighted by molar-refractivity contribution is 0.0995. The first-order valence-electron chi connectivity index (χ1n) is 5.51. The van der Waals surface area contributed by atoms with E-state index in [2.05, 4.69) is 0 Å². The lowest BCUT2D eigenvalue weighted by Crippen LogP contribution is -2.03. The topological polar surface area (TPSA) is 17.1 Å². The molecule has 0 aliphatic rings. The van der Waals surface area contributed by atoms with E-state index in [1.54, 1.807) is 6.07 Å². The van der Waals surface area contributed by atoms with Gasteiger partial charge in [0.1, 0.15) is 11.6 Å². The molecule has 0 atom stereocenters. The van der Waals surface area contributed by atoms with Gasteiger partial charge >= 0.3 is 0 Å². The van der Waals surface area contributed by atoms with E-state index >= 15 is 0 Å². The number of hydrogen-bond acceptors (Lipinski definition) is 2. The van der Waals surface area contributed by atoms with E-state index < -0.39 is 11.6 Å². The largest absolute Gasteiger partial charge is 0.293 e. The maximum atomic E-state index is 13.4. The van der Waals surface area contributed by atoms with Crippen LogP contribution in [0.2, 0.25) is 0 Å². The van der Waals surface area contributed by atoms with Crippen molar-refractivity contribution >= 4 is 17.1 Å². The van der Waals surface area contributed by atoms with E-state index in [0.29, 0.717) is 4.88 Å². The lowest BCUT2D eigenvalue weighted by atomic mass is 10.1. The molecule has 0 N–H and O–H groups in total. The maximum absolute atomic E-state index is 13.4. The summed E-state index contributed by atoms with van der Waals surface area (Å²) < 4.78 is 26.4. The Morgan fingerprint density at radius 1 is 1.22 bits per heavy atom. The van der Waals surface area contributed by atoms with Crippen LogP contribution in [0.25, 0.3) is 0 Å². The number of carbonyl (C=O) groups excluding carboxylic acids is 1. The summed E-state index contributed by atoms with van der Waals surface area (Å²) in [5.74, 6) is -1.26. The standard InChI is InChI=1S/C14H12F2OS/c1-8-5-14(18-9(8)2)13(17)7-10-6-11(15)3-4-12(10)16/h3-6H,7H2,1-2H3. The summed E-state index contributed by atoms with van der Waals surface area (Å²) in [7, 11) is 0. The lowest BCUT2D eigenvalue weighted by Gasteiger charge is -2.01. The molecule has 0 aliphatic heterocycles. The summed E-state index contributed by atoms with van der Waals surface area (Å²) in [6.45, 7) is 3.85. The van der Waals surface area contributed by atoms with Crippen LogP contribution in [0.5, 0.6) is 0 Å². The number of carbonyl (C=O) groups is 1. The molecule has 0 amide bonds. The summed E-state index contributed by atoms with van der Waals surface area (Å²) in [5, 5.41) is 0. The van der Waals surface area contributed by atoms with Crippen LogP contribution < -0.4 is 0 Å². The molecule has 94 valence electrons. The van der Waals surface area contributed by atoms with Gasteiger partial charge in [0.15, 0.2) is 5.78 Å². The van der Waals surface area contributed by atoms with E-state index in [4.69, 9.17) is 0 Å². The van der Waals surface area contributed by atoms with Crippen molar-refractivity contribution in [2.75, 3.05) is 0 Å². The molecule has 0 unspecified atom stereocenters. The van der Waals surface area contributed by atoms with Crippen LogP contribution in [0.4, 0.5) is 8.78 Å². The Kier molecular flexibility index (Phi) is 3.57. The highest BCUT2D eigenvalue weighted by Crippen LogP contribution is 2.22. The van der Waals surface area contributed by atoms with Crippen molar-refractivity contribution in [1.82, 2.24) is 0 Å². The monoisotopic (exact) mass is 266 g/mol. The minimum absolute atomic E-state index is 0.101. The summed E-state index contributed by atoms with van der Waals surface area (Å²) in [6.07, 6.45) is -0.108. The molecule has 0 saturated carbocycles. The molecule has 0 spiro atoms. The zero-order chi connectivity index (χ0) is 13.3. The quantitative estimate of drug-likeness (QED) is 0.765. The Balaban J connectivity index is 2.23. The highest BCUT2D eigenvalue weighted by molar-refractivity contribution is 7.14. The molecular formula is C14H12F2OS. The van der Waals surface area contributed by atoms with Crippen LogP contribution in [0.15, 0.2) is 24.3 Å². The zero-order valence-corrected chi connectivity index (χ0v) is 10.9. The van der Waals surface area contributed by atoms with Crippen LogP contribution in [0.1, 0.15) is 25.7 Å². The third kappa shape index (κ3) is 2.64. The summed E-state index contributed by atoms with van der Waals surface area (Å²) in [6, 6.07) is 4.95. The minimum Gasteiger partial charge on any atom is -0.293 e. The normalized spacial score (nSPS) is 10.7. The van der Waals surface area contributed by atoms with Crippen LogP contribution in [0, 0.1) is 25.5 Å². The number of hydrogen-bond donors (Lipinski definition) is 0. The SMILES string of the molecule is Cc1cc(C(=O)Cc2cc(F)ccc2F)sc1C. The fourth-order valence-corrected chi connectivity index (χ4v) is 2.62. The summed E-state index contributed by atoms with van der Waals surface area (Å²) in [4.78, 5) is 13.6. The predicted molar refractivity (Wildman–Crippen MR) is 68.2 cm³/mol. The molecule has 1 heterocycles. The first-order chi connectivity index (χ1) is 8.47. The summed E-state index contributed by atoms with van der Waals surface area (Å²) in [5.41, 5.74) is 1.15. The van der Waals surface area contributed by atoms with Gasteiger partial charge < -0.3 is 0 Å². The van der Waals surface area contributed by atoms with E-state index in [0.717, 1.165) is 28.6 Å². The van der Waals surface area contributed by atoms with Crippen molar-refractivity contribution < 1.29 is 13.6 Å². The number of rotatable bonds is 3. The molecular weight excluding hydrogens is 254 g/mol. The van der Waals surface area contributed by atoms with Crippen LogP contribution in [-0.2, 0) is 6.42 Å². The van der Waals surface area contributed by atoms with E-state index in [-0.39, 0.29) is 17.8 Å². The van der Waals surface area contributed by atoms with Gasteiger partial charge in [-0.15, -0.1) is 11.3 Å². The molecule has 1 aromatic heterocycles. The number of ketones is 1. The maximum Gasteiger partial charge on any atom is 0.177 e. The van der Waals surface area contributed by atoms with E-state index in [9.17, 15) is 13.6 Å². The molecule has 0 radical (unpaired) electrons. The van der Waals surface area contributed by atoms with Crippen molar-refractivity contribution in [1.29, 1.82) is 0 Å². The Bertz CT molecular complexity index is 582. The van der Waals surface area contributed by atoms with Crippen molar-refractivity contribution in [2.45, 2.75) is 20.3 Å². The van der Waals surface area contributed by atoms with Crippen molar-refractivity contribution in [3.05, 3.63) is 56.8 Å². The molecule has 1 aromatic carbocycles. The number of aryl methyl sites for hydroxylation is 2. The predicted octanol–water partition coefficient (Wildman–Crippen LogP) is 4.07. The molecule has 0 fully saturated rings. The number of thiophene rings is 1. The fourth-order valence-electron chi connectivity index (χ4n) is 1.65. The Labute approximate surface area is 108 Å². The van der Waals surface area contributed by atoms with Crippen molar-refractivity contribution in [2.24, 2.45) is 0 Å². The first-order valence-corrected chi connectivity index (χ1v) is 6.33. The van der Waals surface area contributed by atoms with Gasteiger partial charge in [-0.2, -0.15) is 0 Å². The minimum atomic E-state index is -0.547. The molecule has 4 heteroatoms. The zero-order valence-electron chi connectivity index (χ0n) is 10.1. The van der Waals surface area contributed by atoms with Crippen LogP contribution in [-0.4, -0.2) is 5.78 Å². The summed E-state index contributed by atoms with van der Waals surface area (Å²) >= 11 is 1.39. The van der Waals surface area contributed by atoms with Crippen LogP contribution >= 0.6 is 11.3 Å². The molecule has 2 aromatic rings. The number of halogens is 2. The Morgan fingerprint density at radius 3 is 2.56 bits per heavy atom. The smallest absolute Gasteiger partial charge is 0.177 e. The molecule has 0 aliphatic carbocycles. The molecule has 0 saturated heterocycles. The fraction of sp³-hybridized carbons (Fsp3) is 0.214. The third-order valence-electron chi connectivity index (χ3n) is 2.80. The van der Waals surface area contributed by atoms with Crippen molar-refractivity contribution in [3.63, 3.8) is 0 Å². The molecule has 18 heavy (non-hydrogen) atoms. The Morgan fingerprint density at radius 2 is 1.94 bits per heavy atom. The second kappa shape index (κ2) is 4.98. The molecule has 2 rings (SSSR count).